The Labute approximate surface area is 120 Å². The average Bonchev–Trinajstić information content (AvgIpc) is 2.40. The molecule has 0 bridgehead atoms. The van der Waals surface area contributed by atoms with E-state index in [1.807, 2.05) is 33.8 Å². The highest BCUT2D eigenvalue weighted by Crippen LogP contribution is 2.29. The summed E-state index contributed by atoms with van der Waals surface area (Å²) in [5.74, 6) is -0.594. The molecule has 4 heteroatoms. The first-order valence-electron chi connectivity index (χ1n) is 7.12. The number of hydrogen-bond donors (Lipinski definition) is 2. The molecule has 1 atom stereocenters. The van der Waals surface area contributed by atoms with Crippen LogP contribution in [0, 0.1) is 17.2 Å². The van der Waals surface area contributed by atoms with Crippen molar-refractivity contribution in [3.05, 3.63) is 29.1 Å². The van der Waals surface area contributed by atoms with Gasteiger partial charge < -0.3 is 10.6 Å². The Morgan fingerprint density at radius 1 is 1.40 bits per heavy atom. The number of rotatable bonds is 2. The maximum atomic E-state index is 14.4. The molecule has 1 heterocycles. The number of carbonyl (C=O) groups excluding carboxylic acids is 1. The molecule has 0 saturated heterocycles. The molecule has 0 aromatic heterocycles. The summed E-state index contributed by atoms with van der Waals surface area (Å²) in [6.45, 7) is 9.36. The highest BCUT2D eigenvalue weighted by Gasteiger charge is 2.27. The summed E-state index contributed by atoms with van der Waals surface area (Å²) in [5.41, 5.74) is 1.87. The van der Waals surface area contributed by atoms with Crippen LogP contribution in [0.25, 0.3) is 0 Å². The lowest BCUT2D eigenvalue weighted by molar-refractivity contribution is -0.122. The van der Waals surface area contributed by atoms with Crippen LogP contribution in [0.15, 0.2) is 12.1 Å². The molecule has 0 radical (unpaired) electrons. The summed E-state index contributed by atoms with van der Waals surface area (Å²) >= 11 is 0. The minimum absolute atomic E-state index is 0.134. The number of fused-ring (bicyclic) bond motifs is 1. The van der Waals surface area contributed by atoms with Gasteiger partial charge in [-0.3, -0.25) is 4.79 Å². The van der Waals surface area contributed by atoms with E-state index in [0.717, 1.165) is 17.7 Å². The molecule has 0 fully saturated rings. The van der Waals surface area contributed by atoms with Crippen molar-refractivity contribution in [2.75, 3.05) is 11.9 Å². The molecule has 0 spiro atoms. The van der Waals surface area contributed by atoms with Crippen LogP contribution in [0.3, 0.4) is 0 Å². The van der Waals surface area contributed by atoms with Crippen molar-refractivity contribution in [1.29, 1.82) is 0 Å². The number of nitrogens with one attached hydrogen (secondary N) is 2. The molecule has 20 heavy (non-hydrogen) atoms. The molecule has 1 aliphatic heterocycles. The molecule has 1 aromatic rings. The van der Waals surface area contributed by atoms with E-state index in [0.29, 0.717) is 18.7 Å². The minimum Gasteiger partial charge on any atom is -0.323 e. The lowest BCUT2D eigenvalue weighted by Gasteiger charge is -2.26. The molecule has 1 amide bonds. The van der Waals surface area contributed by atoms with E-state index in [4.69, 9.17) is 0 Å². The third kappa shape index (κ3) is 3.01. The molecule has 0 saturated carbocycles. The summed E-state index contributed by atoms with van der Waals surface area (Å²) in [7, 11) is 0. The van der Waals surface area contributed by atoms with Crippen LogP contribution < -0.4 is 10.6 Å². The van der Waals surface area contributed by atoms with Gasteiger partial charge in [-0.2, -0.15) is 0 Å². The van der Waals surface area contributed by atoms with Crippen molar-refractivity contribution in [2.45, 2.75) is 40.7 Å². The maximum Gasteiger partial charge on any atom is 0.227 e. The molecular formula is C16H23FN2O. The third-order valence-corrected chi connectivity index (χ3v) is 4.16. The number of halogens is 1. The fourth-order valence-corrected chi connectivity index (χ4v) is 2.26. The topological polar surface area (TPSA) is 41.1 Å². The molecular weight excluding hydrogens is 255 g/mol. The van der Waals surface area contributed by atoms with E-state index in [1.165, 1.54) is 0 Å². The van der Waals surface area contributed by atoms with Crippen molar-refractivity contribution >= 4 is 11.6 Å². The van der Waals surface area contributed by atoms with E-state index < -0.39 is 0 Å². The number of hydrogen-bond acceptors (Lipinski definition) is 2. The molecule has 1 aliphatic rings. The third-order valence-electron chi connectivity index (χ3n) is 4.16. The summed E-state index contributed by atoms with van der Waals surface area (Å²) in [6, 6.07) is 3.55. The van der Waals surface area contributed by atoms with E-state index in [-0.39, 0.29) is 23.1 Å². The lowest BCUT2D eigenvalue weighted by atomic mass is 9.81. The predicted molar refractivity (Wildman–Crippen MR) is 79.1 cm³/mol. The number of amides is 1. The normalized spacial score (nSPS) is 16.4. The Bertz CT molecular complexity index is 520. The fourth-order valence-electron chi connectivity index (χ4n) is 2.26. The summed E-state index contributed by atoms with van der Waals surface area (Å²) in [6.07, 6.45) is 0.666. The van der Waals surface area contributed by atoms with Crippen LogP contribution in [-0.4, -0.2) is 12.5 Å². The first-order valence-corrected chi connectivity index (χ1v) is 7.12. The van der Waals surface area contributed by atoms with Crippen LogP contribution in [0.5, 0.6) is 0 Å². The van der Waals surface area contributed by atoms with E-state index >= 15 is 0 Å². The summed E-state index contributed by atoms with van der Waals surface area (Å²) in [5, 5.41) is 5.94. The zero-order valence-electron chi connectivity index (χ0n) is 12.6. The number of carbonyl (C=O) groups is 1. The Morgan fingerprint density at radius 2 is 2.10 bits per heavy atom. The second-order valence-corrected chi connectivity index (χ2v) is 6.57. The molecule has 1 unspecified atom stereocenters. The Hall–Kier alpha value is -1.42. The molecule has 110 valence electrons. The molecule has 1 aromatic carbocycles. The van der Waals surface area contributed by atoms with Gasteiger partial charge in [-0.05, 0) is 35.6 Å². The zero-order valence-corrected chi connectivity index (χ0v) is 12.6. The molecule has 0 aliphatic carbocycles. The smallest absolute Gasteiger partial charge is 0.227 e. The van der Waals surface area contributed by atoms with Crippen LogP contribution in [0.4, 0.5) is 10.1 Å². The van der Waals surface area contributed by atoms with Gasteiger partial charge in [0.05, 0.1) is 5.69 Å². The quantitative estimate of drug-likeness (QED) is 0.873. The van der Waals surface area contributed by atoms with Gasteiger partial charge in [-0.15, -0.1) is 0 Å². The van der Waals surface area contributed by atoms with Gasteiger partial charge in [0, 0.05) is 12.5 Å². The van der Waals surface area contributed by atoms with Gasteiger partial charge in [0.15, 0.2) is 0 Å². The molecule has 3 nitrogen and oxygen atoms in total. The van der Waals surface area contributed by atoms with Gasteiger partial charge in [-0.1, -0.05) is 33.8 Å². The monoisotopic (exact) mass is 278 g/mol. The Kier molecular flexibility index (Phi) is 4.14. The van der Waals surface area contributed by atoms with Gasteiger partial charge in [0.1, 0.15) is 5.82 Å². The standard InChI is InChI=1S/C16H23FN2O/c1-10(16(2,3)4)15(20)19-13-6-5-11-9-18-8-7-12(11)14(13)17/h5-6,10,18H,7-9H2,1-4H3,(H,19,20). The highest BCUT2D eigenvalue weighted by atomic mass is 19.1. The molecule has 2 rings (SSSR count). The van der Waals surface area contributed by atoms with Crippen LogP contribution in [0.2, 0.25) is 0 Å². The van der Waals surface area contributed by atoms with Crippen molar-refractivity contribution in [1.82, 2.24) is 5.32 Å². The zero-order chi connectivity index (χ0) is 14.9. The van der Waals surface area contributed by atoms with Crippen molar-refractivity contribution in [3.63, 3.8) is 0 Å². The first kappa shape index (κ1) is 15.0. The van der Waals surface area contributed by atoms with Crippen molar-refractivity contribution < 1.29 is 9.18 Å². The first-order chi connectivity index (χ1) is 9.30. The Balaban J connectivity index is 2.20. The van der Waals surface area contributed by atoms with Crippen LogP contribution in [0.1, 0.15) is 38.8 Å². The molecule has 2 N–H and O–H groups in total. The van der Waals surface area contributed by atoms with E-state index in [9.17, 15) is 9.18 Å². The fraction of sp³-hybridized carbons (Fsp3) is 0.562. The predicted octanol–water partition coefficient (Wildman–Crippen LogP) is 3.09. The van der Waals surface area contributed by atoms with E-state index in [1.54, 1.807) is 6.07 Å². The highest BCUT2D eigenvalue weighted by molar-refractivity contribution is 5.93. The average molecular weight is 278 g/mol. The minimum atomic E-state index is -0.279. The second kappa shape index (κ2) is 5.52. The Morgan fingerprint density at radius 3 is 2.75 bits per heavy atom. The van der Waals surface area contributed by atoms with Crippen molar-refractivity contribution in [3.8, 4) is 0 Å². The van der Waals surface area contributed by atoms with Crippen LogP contribution in [-0.2, 0) is 17.8 Å². The summed E-state index contributed by atoms with van der Waals surface area (Å²) < 4.78 is 14.4. The largest absolute Gasteiger partial charge is 0.323 e. The van der Waals surface area contributed by atoms with Gasteiger partial charge >= 0.3 is 0 Å². The van der Waals surface area contributed by atoms with Gasteiger partial charge in [0.2, 0.25) is 5.91 Å². The van der Waals surface area contributed by atoms with Crippen LogP contribution >= 0.6 is 0 Å². The van der Waals surface area contributed by atoms with Gasteiger partial charge in [0.25, 0.3) is 0 Å². The van der Waals surface area contributed by atoms with Crippen molar-refractivity contribution in [2.24, 2.45) is 11.3 Å². The second-order valence-electron chi connectivity index (χ2n) is 6.57. The maximum absolute atomic E-state index is 14.4. The van der Waals surface area contributed by atoms with E-state index in [2.05, 4.69) is 10.6 Å². The SMILES string of the molecule is CC(C(=O)Nc1ccc2c(c1F)CCNC2)C(C)(C)C. The lowest BCUT2D eigenvalue weighted by Crippen LogP contribution is -2.31. The number of benzene rings is 1. The number of anilines is 1. The summed E-state index contributed by atoms with van der Waals surface area (Å²) in [4.78, 5) is 12.2. The van der Waals surface area contributed by atoms with Gasteiger partial charge in [-0.25, -0.2) is 4.39 Å².